The highest BCUT2D eigenvalue weighted by Gasteiger charge is 2.31. The average Bonchev–Trinajstić information content (AvgIpc) is 2.41. The van der Waals surface area contributed by atoms with E-state index < -0.39 is 12.8 Å². The van der Waals surface area contributed by atoms with Crippen molar-refractivity contribution in [3.8, 4) is 0 Å². The molecule has 0 heterocycles. The molecule has 0 bridgehead atoms. The lowest BCUT2D eigenvalue weighted by Gasteiger charge is -2.33. The van der Waals surface area contributed by atoms with Crippen LogP contribution in [0.5, 0.6) is 0 Å². The smallest absolute Gasteiger partial charge is 0.369 e. The molecule has 1 rings (SSSR count). The molecule has 1 N–H and O–H groups in total. The van der Waals surface area contributed by atoms with Gasteiger partial charge < -0.3 is 10.1 Å². The summed E-state index contributed by atoms with van der Waals surface area (Å²) in [5.74, 6) is 0. The number of hydrogen-bond donors (Lipinski definition) is 1. The molecule has 0 aromatic heterocycles. The third-order valence-electron chi connectivity index (χ3n) is 3.98. The minimum Gasteiger partial charge on any atom is -0.369 e. The van der Waals surface area contributed by atoms with Crippen LogP contribution in [0.15, 0.2) is 0 Å². The minimum atomic E-state index is -4.21. The van der Waals surface area contributed by atoms with Crippen molar-refractivity contribution in [1.29, 1.82) is 0 Å². The van der Waals surface area contributed by atoms with E-state index in [2.05, 4.69) is 19.2 Å². The first kappa shape index (κ1) is 17.8. The number of alkyl halides is 3. The first-order valence-corrected chi connectivity index (χ1v) is 7.89. The molecule has 1 fully saturated rings. The van der Waals surface area contributed by atoms with E-state index in [1.807, 2.05) is 0 Å². The second kappa shape index (κ2) is 8.88. The molecule has 5 heteroatoms. The van der Waals surface area contributed by atoms with Crippen molar-refractivity contribution in [2.75, 3.05) is 6.61 Å². The van der Waals surface area contributed by atoms with Crippen molar-refractivity contribution in [2.45, 2.75) is 89.6 Å². The molecule has 0 radical (unpaired) electrons. The molecule has 0 aromatic carbocycles. The fourth-order valence-corrected chi connectivity index (χ4v) is 2.85. The standard InChI is InChI=1S/C15H28F3NO/c1-3-5-7-12(4-2)19-13-8-6-9-14(10-13)20-11-15(16,17)18/h12-14,19H,3-11H2,1-2H3. The van der Waals surface area contributed by atoms with Crippen molar-refractivity contribution in [1.82, 2.24) is 5.32 Å². The predicted molar refractivity (Wildman–Crippen MR) is 74.8 cm³/mol. The van der Waals surface area contributed by atoms with Crippen LogP contribution in [0.2, 0.25) is 0 Å². The summed E-state index contributed by atoms with van der Waals surface area (Å²) >= 11 is 0. The normalized spacial score (nSPS) is 25.6. The maximum atomic E-state index is 12.2. The molecular formula is C15H28F3NO. The van der Waals surface area contributed by atoms with E-state index in [1.165, 1.54) is 12.8 Å². The summed E-state index contributed by atoms with van der Waals surface area (Å²) in [6, 6.07) is 0.796. The molecule has 3 unspecified atom stereocenters. The molecule has 0 saturated heterocycles. The van der Waals surface area contributed by atoms with Crippen LogP contribution in [0.3, 0.4) is 0 Å². The van der Waals surface area contributed by atoms with Gasteiger partial charge in [-0.25, -0.2) is 0 Å². The number of halogens is 3. The lowest BCUT2D eigenvalue weighted by Crippen LogP contribution is -2.43. The molecule has 0 spiro atoms. The number of nitrogens with one attached hydrogen (secondary N) is 1. The lowest BCUT2D eigenvalue weighted by molar-refractivity contribution is -0.188. The Morgan fingerprint density at radius 3 is 2.60 bits per heavy atom. The Kier molecular flexibility index (Phi) is 7.88. The molecular weight excluding hydrogens is 267 g/mol. The quantitative estimate of drug-likeness (QED) is 0.715. The summed E-state index contributed by atoms with van der Waals surface area (Å²) in [4.78, 5) is 0. The summed E-state index contributed by atoms with van der Waals surface area (Å²) < 4.78 is 41.5. The van der Waals surface area contributed by atoms with Crippen molar-refractivity contribution < 1.29 is 17.9 Å². The first-order valence-electron chi connectivity index (χ1n) is 7.89. The van der Waals surface area contributed by atoms with Crippen molar-refractivity contribution in [3.05, 3.63) is 0 Å². The molecule has 3 atom stereocenters. The van der Waals surface area contributed by atoms with Crippen LogP contribution in [0, 0.1) is 0 Å². The summed E-state index contributed by atoms with van der Waals surface area (Å²) in [6.07, 6.45) is 3.60. The zero-order valence-corrected chi connectivity index (χ0v) is 12.6. The Morgan fingerprint density at radius 1 is 1.25 bits per heavy atom. The fraction of sp³-hybridized carbons (Fsp3) is 1.00. The van der Waals surface area contributed by atoms with Crippen LogP contribution in [-0.4, -0.2) is 31.0 Å². The third kappa shape index (κ3) is 7.48. The molecule has 1 aliphatic rings. The fourth-order valence-electron chi connectivity index (χ4n) is 2.85. The van der Waals surface area contributed by atoms with Gasteiger partial charge in [0.15, 0.2) is 0 Å². The van der Waals surface area contributed by atoms with Crippen molar-refractivity contribution in [2.24, 2.45) is 0 Å². The van der Waals surface area contributed by atoms with Crippen molar-refractivity contribution in [3.63, 3.8) is 0 Å². The van der Waals surface area contributed by atoms with Gasteiger partial charge in [0.25, 0.3) is 0 Å². The monoisotopic (exact) mass is 295 g/mol. The Morgan fingerprint density at radius 2 is 2.00 bits per heavy atom. The topological polar surface area (TPSA) is 21.3 Å². The Hall–Kier alpha value is -0.290. The largest absolute Gasteiger partial charge is 0.411 e. The van der Waals surface area contributed by atoms with Gasteiger partial charge in [0.2, 0.25) is 0 Å². The lowest BCUT2D eigenvalue weighted by atomic mass is 9.91. The van der Waals surface area contributed by atoms with E-state index in [9.17, 15) is 13.2 Å². The average molecular weight is 295 g/mol. The summed E-state index contributed by atoms with van der Waals surface area (Å²) in [5, 5.41) is 3.61. The van der Waals surface area contributed by atoms with Gasteiger partial charge in [0.1, 0.15) is 6.61 Å². The van der Waals surface area contributed by atoms with Gasteiger partial charge in [-0.1, -0.05) is 26.7 Å². The predicted octanol–water partition coefficient (Wildman–Crippen LogP) is 4.43. The van der Waals surface area contributed by atoms with Crippen LogP contribution in [-0.2, 0) is 4.74 Å². The summed E-state index contributed by atoms with van der Waals surface area (Å²) in [5.41, 5.74) is 0. The highest BCUT2D eigenvalue weighted by atomic mass is 19.4. The molecule has 2 nitrogen and oxygen atoms in total. The van der Waals surface area contributed by atoms with Crippen LogP contribution in [0.25, 0.3) is 0 Å². The number of rotatable bonds is 8. The van der Waals surface area contributed by atoms with Crippen LogP contribution < -0.4 is 5.32 Å². The van der Waals surface area contributed by atoms with E-state index in [0.717, 1.165) is 32.1 Å². The van der Waals surface area contributed by atoms with E-state index >= 15 is 0 Å². The van der Waals surface area contributed by atoms with E-state index in [-0.39, 0.29) is 6.10 Å². The maximum Gasteiger partial charge on any atom is 0.411 e. The zero-order chi connectivity index (χ0) is 15.0. The van der Waals surface area contributed by atoms with Gasteiger partial charge in [0.05, 0.1) is 6.10 Å². The minimum absolute atomic E-state index is 0.244. The molecule has 0 amide bonds. The Bertz CT molecular complexity index is 258. The third-order valence-corrected chi connectivity index (χ3v) is 3.98. The van der Waals surface area contributed by atoms with E-state index in [4.69, 9.17) is 4.74 Å². The Labute approximate surface area is 120 Å². The number of hydrogen-bond acceptors (Lipinski definition) is 2. The molecule has 120 valence electrons. The van der Waals surface area contributed by atoms with Crippen LogP contribution in [0.4, 0.5) is 13.2 Å². The van der Waals surface area contributed by atoms with Gasteiger partial charge in [-0.3, -0.25) is 0 Å². The summed E-state index contributed by atoms with van der Waals surface area (Å²) in [7, 11) is 0. The molecule has 0 aliphatic heterocycles. The van der Waals surface area contributed by atoms with Gasteiger partial charge in [-0.15, -0.1) is 0 Å². The number of ether oxygens (including phenoxy) is 1. The van der Waals surface area contributed by atoms with Gasteiger partial charge >= 0.3 is 6.18 Å². The highest BCUT2D eigenvalue weighted by Crippen LogP contribution is 2.25. The molecule has 1 saturated carbocycles. The van der Waals surface area contributed by atoms with E-state index in [1.54, 1.807) is 0 Å². The van der Waals surface area contributed by atoms with E-state index in [0.29, 0.717) is 18.5 Å². The number of unbranched alkanes of at least 4 members (excludes halogenated alkanes) is 1. The zero-order valence-electron chi connectivity index (χ0n) is 12.6. The van der Waals surface area contributed by atoms with Crippen molar-refractivity contribution >= 4 is 0 Å². The Balaban J connectivity index is 2.32. The van der Waals surface area contributed by atoms with Crippen LogP contribution >= 0.6 is 0 Å². The van der Waals surface area contributed by atoms with Gasteiger partial charge in [-0.2, -0.15) is 13.2 Å². The molecule has 1 aliphatic carbocycles. The van der Waals surface area contributed by atoms with Crippen LogP contribution in [0.1, 0.15) is 65.2 Å². The van der Waals surface area contributed by atoms with Gasteiger partial charge in [-0.05, 0) is 38.5 Å². The maximum absolute atomic E-state index is 12.2. The molecule has 20 heavy (non-hydrogen) atoms. The van der Waals surface area contributed by atoms with Gasteiger partial charge in [0, 0.05) is 12.1 Å². The summed E-state index contributed by atoms with van der Waals surface area (Å²) in [6.45, 7) is 3.22. The highest BCUT2D eigenvalue weighted by molar-refractivity contribution is 4.81. The first-order chi connectivity index (χ1) is 9.44. The molecule has 0 aromatic rings. The second-order valence-corrected chi connectivity index (χ2v) is 5.83. The SMILES string of the molecule is CCCCC(CC)NC1CCCC(OCC(F)(F)F)C1. The second-order valence-electron chi connectivity index (χ2n) is 5.83.